The van der Waals surface area contributed by atoms with Gasteiger partial charge < -0.3 is 5.32 Å². The van der Waals surface area contributed by atoms with E-state index in [9.17, 15) is 9.59 Å². The number of hydrogen-bond donors (Lipinski definition) is 2. The van der Waals surface area contributed by atoms with Crippen LogP contribution in [0.3, 0.4) is 0 Å². The molecular formula is C20H26BrN3O2S. The Labute approximate surface area is 172 Å². The minimum Gasteiger partial charge on any atom is -0.310 e. The molecule has 3 rings (SSSR count). The van der Waals surface area contributed by atoms with Crippen LogP contribution in [0.1, 0.15) is 68.4 Å². The predicted molar refractivity (Wildman–Crippen MR) is 116 cm³/mol. The highest BCUT2D eigenvalue weighted by molar-refractivity contribution is 9.10. The molecule has 2 atom stereocenters. The van der Waals surface area contributed by atoms with Crippen molar-refractivity contribution in [1.29, 1.82) is 0 Å². The van der Waals surface area contributed by atoms with Crippen molar-refractivity contribution in [3.8, 4) is 0 Å². The quantitative estimate of drug-likeness (QED) is 0.565. The highest BCUT2D eigenvalue weighted by Gasteiger charge is 2.31. The molecule has 7 heteroatoms. The van der Waals surface area contributed by atoms with Crippen molar-refractivity contribution in [2.24, 2.45) is 0 Å². The highest BCUT2D eigenvalue weighted by Crippen LogP contribution is 2.40. The molecule has 0 fully saturated rings. The number of amides is 1. The van der Waals surface area contributed by atoms with Crippen molar-refractivity contribution in [3.05, 3.63) is 50.2 Å². The molecule has 1 aliphatic rings. The van der Waals surface area contributed by atoms with Gasteiger partial charge in [-0.3, -0.25) is 19.4 Å². The fourth-order valence-electron chi connectivity index (χ4n) is 3.47. The first-order valence-corrected chi connectivity index (χ1v) is 11.4. The smallest absolute Gasteiger partial charge is 0.270 e. The Morgan fingerprint density at radius 3 is 2.67 bits per heavy atom. The highest BCUT2D eigenvalue weighted by atomic mass is 79.9. The van der Waals surface area contributed by atoms with Crippen LogP contribution in [-0.4, -0.2) is 21.4 Å². The number of anilines is 1. The molecule has 1 aliphatic heterocycles. The maximum Gasteiger partial charge on any atom is 0.270 e. The summed E-state index contributed by atoms with van der Waals surface area (Å²) in [4.78, 5) is 25.1. The Kier molecular flexibility index (Phi) is 6.87. The third-order valence-corrected chi connectivity index (χ3v) is 6.75. The zero-order valence-corrected chi connectivity index (χ0v) is 18.2. The van der Waals surface area contributed by atoms with Gasteiger partial charge in [0.2, 0.25) is 5.91 Å². The van der Waals surface area contributed by atoms with E-state index >= 15 is 0 Å². The van der Waals surface area contributed by atoms with E-state index in [4.69, 9.17) is 0 Å². The number of rotatable bonds is 7. The lowest BCUT2D eigenvalue weighted by molar-refractivity contribution is -0.113. The van der Waals surface area contributed by atoms with Crippen molar-refractivity contribution in [2.75, 3.05) is 11.1 Å². The van der Waals surface area contributed by atoms with Crippen molar-refractivity contribution in [2.45, 2.75) is 57.2 Å². The van der Waals surface area contributed by atoms with Crippen LogP contribution in [0.2, 0.25) is 0 Å². The predicted octanol–water partition coefficient (Wildman–Crippen LogP) is 5.25. The van der Waals surface area contributed by atoms with Gasteiger partial charge in [0.1, 0.15) is 5.82 Å². The normalized spacial score (nSPS) is 17.9. The molecule has 1 aromatic heterocycles. The first-order valence-electron chi connectivity index (χ1n) is 9.52. The fraction of sp³-hybridized carbons (Fsp3) is 0.500. The second-order valence-electron chi connectivity index (χ2n) is 7.06. The maximum absolute atomic E-state index is 12.8. The summed E-state index contributed by atoms with van der Waals surface area (Å²) in [7, 11) is 0. The second-order valence-corrected chi connectivity index (χ2v) is 9.07. The topological polar surface area (TPSA) is 66.9 Å². The van der Waals surface area contributed by atoms with E-state index in [1.807, 2.05) is 28.9 Å². The lowest BCUT2D eigenvalue weighted by atomic mass is 10.1. The van der Waals surface area contributed by atoms with E-state index in [0.717, 1.165) is 22.9 Å². The van der Waals surface area contributed by atoms with Crippen LogP contribution in [0.25, 0.3) is 0 Å². The monoisotopic (exact) mass is 451 g/mol. The minimum atomic E-state index is -0.163. The molecule has 2 aromatic rings. The van der Waals surface area contributed by atoms with Crippen LogP contribution >= 0.6 is 27.7 Å². The second kappa shape index (κ2) is 9.15. The Bertz CT molecular complexity index is 844. The number of unbranched alkanes of at least 4 members (excludes halogenated alkanes) is 3. The largest absolute Gasteiger partial charge is 0.310 e. The average molecular weight is 452 g/mol. The van der Waals surface area contributed by atoms with Crippen molar-refractivity contribution in [1.82, 2.24) is 9.78 Å². The van der Waals surface area contributed by atoms with Gasteiger partial charge in [-0.15, -0.1) is 11.8 Å². The lowest BCUT2D eigenvalue weighted by Crippen LogP contribution is -2.18. The molecule has 146 valence electrons. The number of aromatic amines is 1. The van der Waals surface area contributed by atoms with E-state index < -0.39 is 0 Å². The summed E-state index contributed by atoms with van der Waals surface area (Å²) >= 11 is 4.95. The molecule has 0 radical (unpaired) electrons. The SMILES string of the molecule is CCCCCC[C@H](C)n1[nH]c(=O)c2c1NC(=O)CS[C@@H]2c1ccc(Br)cc1. The van der Waals surface area contributed by atoms with Crippen LogP contribution in [-0.2, 0) is 4.79 Å². The van der Waals surface area contributed by atoms with E-state index in [1.54, 1.807) is 0 Å². The molecular weight excluding hydrogens is 426 g/mol. The molecule has 1 aromatic carbocycles. The van der Waals surface area contributed by atoms with E-state index in [2.05, 4.69) is 40.2 Å². The van der Waals surface area contributed by atoms with Crippen molar-refractivity contribution < 1.29 is 4.79 Å². The summed E-state index contributed by atoms with van der Waals surface area (Å²) in [5.41, 5.74) is 1.56. The first-order chi connectivity index (χ1) is 13.0. The summed E-state index contributed by atoms with van der Waals surface area (Å²) in [6.07, 6.45) is 5.71. The fourth-order valence-corrected chi connectivity index (χ4v) is 4.86. The molecule has 2 N–H and O–H groups in total. The summed E-state index contributed by atoms with van der Waals surface area (Å²) in [5, 5.41) is 5.78. The van der Waals surface area contributed by atoms with Gasteiger partial charge in [-0.1, -0.05) is 60.7 Å². The van der Waals surface area contributed by atoms with Gasteiger partial charge in [0.15, 0.2) is 0 Å². The number of hydrogen-bond acceptors (Lipinski definition) is 3. The number of thioether (sulfide) groups is 1. The summed E-state index contributed by atoms with van der Waals surface area (Å²) < 4.78 is 2.85. The molecule has 0 saturated heterocycles. The third-order valence-electron chi connectivity index (χ3n) is 4.95. The Balaban J connectivity index is 1.94. The Hall–Kier alpha value is -1.47. The van der Waals surface area contributed by atoms with Crippen LogP contribution in [0.5, 0.6) is 0 Å². The molecule has 1 amide bonds. The van der Waals surface area contributed by atoms with Crippen LogP contribution in [0, 0.1) is 0 Å². The van der Waals surface area contributed by atoms with Crippen LogP contribution < -0.4 is 10.9 Å². The molecule has 0 unspecified atom stereocenters. The zero-order chi connectivity index (χ0) is 19.4. The maximum atomic E-state index is 12.8. The molecule has 2 heterocycles. The lowest BCUT2D eigenvalue weighted by Gasteiger charge is -2.18. The number of halogens is 1. The number of fused-ring (bicyclic) bond motifs is 1. The molecule has 0 saturated carbocycles. The van der Waals surface area contributed by atoms with E-state index in [-0.39, 0.29) is 22.8 Å². The average Bonchev–Trinajstić information content (AvgIpc) is 2.85. The molecule has 5 nitrogen and oxygen atoms in total. The third kappa shape index (κ3) is 4.69. The molecule has 0 bridgehead atoms. The zero-order valence-electron chi connectivity index (χ0n) is 15.8. The van der Waals surface area contributed by atoms with Gasteiger partial charge in [-0.25, -0.2) is 0 Å². The number of carbonyl (C=O) groups excluding carboxylic acids is 1. The molecule has 0 aliphatic carbocycles. The number of nitrogens with zero attached hydrogens (tertiary/aromatic N) is 1. The standard InChI is InChI=1S/C20H26BrN3O2S/c1-3-4-5-6-7-13(2)24-19-17(20(26)23-24)18(27-12-16(25)22-19)14-8-10-15(21)11-9-14/h8-11,13,18H,3-7,12H2,1-2H3,(H,22,25)(H,23,26)/t13-,18+/m0/s1. The number of benzene rings is 1. The number of nitrogens with one attached hydrogen (secondary N) is 2. The van der Waals surface area contributed by atoms with Crippen molar-refractivity contribution >= 4 is 39.4 Å². The van der Waals surface area contributed by atoms with Gasteiger partial charge in [-0.05, 0) is 31.0 Å². The first kappa shape index (κ1) is 20.3. The molecule has 27 heavy (non-hydrogen) atoms. The van der Waals surface area contributed by atoms with E-state index in [1.165, 1.54) is 31.0 Å². The van der Waals surface area contributed by atoms with Gasteiger partial charge in [0, 0.05) is 10.5 Å². The Morgan fingerprint density at radius 1 is 1.22 bits per heavy atom. The van der Waals surface area contributed by atoms with Gasteiger partial charge in [0.05, 0.1) is 16.6 Å². The van der Waals surface area contributed by atoms with Crippen molar-refractivity contribution in [3.63, 3.8) is 0 Å². The number of aromatic nitrogens is 2. The summed E-state index contributed by atoms with van der Waals surface area (Å²) in [6, 6.07) is 8.08. The van der Waals surface area contributed by atoms with Gasteiger partial charge in [0.25, 0.3) is 5.56 Å². The summed E-state index contributed by atoms with van der Waals surface area (Å²) in [6.45, 7) is 4.29. The van der Waals surface area contributed by atoms with E-state index in [0.29, 0.717) is 17.1 Å². The van der Waals surface area contributed by atoms with Crippen LogP contribution in [0.15, 0.2) is 33.5 Å². The number of H-pyrrole nitrogens is 1. The van der Waals surface area contributed by atoms with Gasteiger partial charge >= 0.3 is 0 Å². The van der Waals surface area contributed by atoms with Crippen LogP contribution in [0.4, 0.5) is 5.82 Å². The Morgan fingerprint density at radius 2 is 1.96 bits per heavy atom. The summed E-state index contributed by atoms with van der Waals surface area (Å²) in [5.74, 6) is 0.900. The number of carbonyl (C=O) groups is 1. The molecule has 0 spiro atoms. The van der Waals surface area contributed by atoms with Gasteiger partial charge in [-0.2, -0.15) is 0 Å². The minimum absolute atomic E-state index is 0.0632.